The number of hydrogen-bond donors (Lipinski definition) is 0. The Morgan fingerprint density at radius 2 is 2.24 bits per heavy atom. The molecule has 1 unspecified atom stereocenters. The molecule has 1 saturated heterocycles. The lowest BCUT2D eigenvalue weighted by atomic mass is 10.1. The van der Waals surface area contributed by atoms with Crippen molar-refractivity contribution >= 4 is 22.8 Å². The Morgan fingerprint density at radius 1 is 1.38 bits per heavy atom. The predicted octanol–water partition coefficient (Wildman–Crippen LogP) is 2.54. The summed E-state index contributed by atoms with van der Waals surface area (Å²) in [5, 5.41) is 4.65. The maximum Gasteiger partial charge on any atom is 0.158 e. The first-order chi connectivity index (χ1) is 10.2. The fraction of sp³-hybridized carbons (Fsp3) is 0.733. The van der Waals surface area contributed by atoms with Crippen LogP contribution in [0.4, 0.5) is 0 Å². The van der Waals surface area contributed by atoms with Crippen molar-refractivity contribution in [2.45, 2.75) is 39.2 Å². The van der Waals surface area contributed by atoms with Crippen LogP contribution in [0.5, 0.6) is 0 Å². The van der Waals surface area contributed by atoms with E-state index in [4.69, 9.17) is 21.3 Å². The number of halogens is 1. The fourth-order valence-corrected chi connectivity index (χ4v) is 3.31. The van der Waals surface area contributed by atoms with Crippen molar-refractivity contribution in [2.24, 2.45) is 13.0 Å². The molecule has 6 heteroatoms. The van der Waals surface area contributed by atoms with Crippen molar-refractivity contribution in [1.29, 1.82) is 0 Å². The Bertz CT molecular complexity index is 613. The van der Waals surface area contributed by atoms with Gasteiger partial charge in [-0.3, -0.25) is 4.68 Å². The molecule has 0 aliphatic carbocycles. The van der Waals surface area contributed by atoms with Crippen molar-refractivity contribution in [2.75, 3.05) is 19.1 Å². The number of hydrogen-bond acceptors (Lipinski definition) is 3. The largest absolute Gasteiger partial charge is 0.381 e. The highest BCUT2D eigenvalue weighted by Gasteiger charge is 2.23. The first-order valence-electron chi connectivity index (χ1n) is 7.79. The molecule has 0 spiro atoms. The van der Waals surface area contributed by atoms with Gasteiger partial charge in [0.05, 0.1) is 12.3 Å². The van der Waals surface area contributed by atoms with Crippen LogP contribution in [-0.2, 0) is 31.2 Å². The number of alkyl halides is 1. The van der Waals surface area contributed by atoms with E-state index in [0.717, 1.165) is 68.1 Å². The number of aromatic nitrogens is 4. The van der Waals surface area contributed by atoms with Gasteiger partial charge in [0.15, 0.2) is 5.65 Å². The number of imidazole rings is 1. The average molecular weight is 311 g/mol. The van der Waals surface area contributed by atoms with Gasteiger partial charge in [-0.1, -0.05) is 13.3 Å². The van der Waals surface area contributed by atoms with Crippen molar-refractivity contribution < 1.29 is 4.74 Å². The SMILES string of the molecule is CCCc1nn(C)c2c1nc(CCCl)n2CC1CCOC1. The van der Waals surface area contributed by atoms with Crippen LogP contribution >= 0.6 is 11.6 Å². The number of fused-ring (bicyclic) bond motifs is 1. The Balaban J connectivity index is 2.02. The van der Waals surface area contributed by atoms with E-state index >= 15 is 0 Å². The van der Waals surface area contributed by atoms with Crippen LogP contribution in [0.2, 0.25) is 0 Å². The van der Waals surface area contributed by atoms with Crippen LogP contribution in [-0.4, -0.2) is 38.4 Å². The van der Waals surface area contributed by atoms with Gasteiger partial charge in [0.1, 0.15) is 11.3 Å². The Kier molecular flexibility index (Phi) is 4.50. The third-order valence-electron chi connectivity index (χ3n) is 4.14. The van der Waals surface area contributed by atoms with E-state index in [0.29, 0.717) is 11.8 Å². The summed E-state index contributed by atoms with van der Waals surface area (Å²) in [4.78, 5) is 4.84. The molecule has 116 valence electrons. The molecule has 3 rings (SSSR count). The summed E-state index contributed by atoms with van der Waals surface area (Å²) >= 11 is 5.96. The van der Waals surface area contributed by atoms with Gasteiger partial charge in [0.25, 0.3) is 0 Å². The van der Waals surface area contributed by atoms with Crippen LogP contribution in [0.3, 0.4) is 0 Å². The highest BCUT2D eigenvalue weighted by atomic mass is 35.5. The molecule has 0 bridgehead atoms. The molecule has 0 radical (unpaired) electrons. The molecular formula is C15H23ClN4O. The summed E-state index contributed by atoms with van der Waals surface area (Å²) in [5.41, 5.74) is 3.29. The molecule has 5 nitrogen and oxygen atoms in total. The normalized spacial score (nSPS) is 18.9. The number of nitrogens with zero attached hydrogens (tertiary/aromatic N) is 4. The minimum absolute atomic E-state index is 0.570. The fourth-order valence-electron chi connectivity index (χ4n) is 3.14. The number of ether oxygens (including phenoxy) is 1. The molecule has 0 amide bonds. The lowest BCUT2D eigenvalue weighted by molar-refractivity contribution is 0.182. The average Bonchev–Trinajstić information content (AvgIpc) is 3.13. The maximum atomic E-state index is 5.96. The second-order valence-corrected chi connectivity index (χ2v) is 6.18. The zero-order chi connectivity index (χ0) is 14.8. The van der Waals surface area contributed by atoms with Crippen LogP contribution in [0.1, 0.15) is 31.3 Å². The molecule has 0 saturated carbocycles. The Hall–Kier alpha value is -1.07. The second-order valence-electron chi connectivity index (χ2n) is 5.80. The smallest absolute Gasteiger partial charge is 0.158 e. The van der Waals surface area contributed by atoms with E-state index in [1.807, 2.05) is 11.7 Å². The summed E-state index contributed by atoms with van der Waals surface area (Å²) in [6.45, 7) is 4.85. The molecule has 0 aromatic carbocycles. The zero-order valence-electron chi connectivity index (χ0n) is 12.8. The molecule has 1 fully saturated rings. The molecule has 1 atom stereocenters. The summed E-state index contributed by atoms with van der Waals surface area (Å²) in [6.07, 6.45) is 3.98. The molecule has 2 aromatic rings. The lowest BCUT2D eigenvalue weighted by Gasteiger charge is -2.13. The van der Waals surface area contributed by atoms with Gasteiger partial charge < -0.3 is 9.30 Å². The van der Waals surface area contributed by atoms with E-state index in [1.54, 1.807) is 0 Å². The van der Waals surface area contributed by atoms with Gasteiger partial charge in [0.2, 0.25) is 0 Å². The van der Waals surface area contributed by atoms with Crippen molar-refractivity contribution in [1.82, 2.24) is 19.3 Å². The molecular weight excluding hydrogens is 288 g/mol. The number of rotatable bonds is 6. The standard InChI is InChI=1S/C15H23ClN4O/c1-3-4-12-14-15(19(2)18-12)20(13(17-14)5-7-16)9-11-6-8-21-10-11/h11H,3-10H2,1-2H3. The molecule has 2 aromatic heterocycles. The molecule has 1 aliphatic rings. The van der Waals surface area contributed by atoms with Crippen molar-refractivity contribution in [3.05, 3.63) is 11.5 Å². The summed E-state index contributed by atoms with van der Waals surface area (Å²) in [7, 11) is 2.01. The first-order valence-corrected chi connectivity index (χ1v) is 8.32. The van der Waals surface area contributed by atoms with Gasteiger partial charge in [0, 0.05) is 38.4 Å². The topological polar surface area (TPSA) is 44.9 Å². The summed E-state index contributed by atoms with van der Waals surface area (Å²) in [5.74, 6) is 2.25. The Morgan fingerprint density at radius 3 is 2.90 bits per heavy atom. The van der Waals surface area contributed by atoms with E-state index < -0.39 is 0 Å². The predicted molar refractivity (Wildman–Crippen MR) is 83.8 cm³/mol. The van der Waals surface area contributed by atoms with Gasteiger partial charge in [-0.25, -0.2) is 4.98 Å². The third-order valence-corrected chi connectivity index (χ3v) is 4.33. The van der Waals surface area contributed by atoms with Crippen molar-refractivity contribution in [3.8, 4) is 0 Å². The monoisotopic (exact) mass is 310 g/mol. The highest BCUT2D eigenvalue weighted by molar-refractivity contribution is 6.17. The van der Waals surface area contributed by atoms with Gasteiger partial charge in [-0.2, -0.15) is 5.10 Å². The lowest BCUT2D eigenvalue weighted by Crippen LogP contribution is -2.15. The minimum Gasteiger partial charge on any atom is -0.381 e. The Labute approximate surface area is 130 Å². The van der Waals surface area contributed by atoms with E-state index in [2.05, 4.69) is 16.6 Å². The van der Waals surface area contributed by atoms with Crippen molar-refractivity contribution in [3.63, 3.8) is 0 Å². The van der Waals surface area contributed by atoms with Gasteiger partial charge in [-0.15, -0.1) is 11.6 Å². The van der Waals surface area contributed by atoms with Gasteiger partial charge >= 0.3 is 0 Å². The zero-order valence-corrected chi connectivity index (χ0v) is 13.6. The summed E-state index contributed by atoms with van der Waals surface area (Å²) < 4.78 is 9.79. The van der Waals surface area contributed by atoms with Crippen LogP contribution in [0, 0.1) is 5.92 Å². The molecule has 0 N–H and O–H groups in total. The van der Waals surface area contributed by atoms with Crippen LogP contribution < -0.4 is 0 Å². The minimum atomic E-state index is 0.570. The molecule has 21 heavy (non-hydrogen) atoms. The van der Waals surface area contributed by atoms with Gasteiger partial charge in [-0.05, 0) is 12.8 Å². The molecule has 1 aliphatic heterocycles. The second kappa shape index (κ2) is 6.36. The van der Waals surface area contributed by atoms with E-state index in [9.17, 15) is 0 Å². The van der Waals surface area contributed by atoms with E-state index in [1.165, 1.54) is 0 Å². The quantitative estimate of drug-likeness (QED) is 0.770. The first kappa shape index (κ1) is 14.9. The molecule has 3 heterocycles. The number of aryl methyl sites for hydroxylation is 3. The maximum absolute atomic E-state index is 5.96. The summed E-state index contributed by atoms with van der Waals surface area (Å²) in [6, 6.07) is 0. The van der Waals surface area contributed by atoms with Crippen LogP contribution in [0.25, 0.3) is 11.2 Å². The van der Waals surface area contributed by atoms with Crippen LogP contribution in [0.15, 0.2) is 0 Å². The van der Waals surface area contributed by atoms with E-state index in [-0.39, 0.29) is 0 Å². The third kappa shape index (κ3) is 2.81. The highest BCUT2D eigenvalue weighted by Crippen LogP contribution is 2.24.